The van der Waals surface area contributed by atoms with E-state index in [1.54, 1.807) is 0 Å². The molecule has 0 radical (unpaired) electrons. The fourth-order valence-corrected chi connectivity index (χ4v) is 3.08. The summed E-state index contributed by atoms with van der Waals surface area (Å²) in [7, 11) is 0. The summed E-state index contributed by atoms with van der Waals surface area (Å²) in [6, 6.07) is 30.0. The van der Waals surface area contributed by atoms with Gasteiger partial charge in [0.05, 0.1) is 0 Å². The zero-order valence-corrected chi connectivity index (χ0v) is 14.8. The third-order valence-corrected chi connectivity index (χ3v) is 4.51. The molecular weight excluding hydrogens is 316 g/mol. The first-order valence-corrected chi connectivity index (χ1v) is 9.01. The molecule has 3 aromatic carbocycles. The number of aliphatic hydroxyl groups is 1. The highest BCUT2D eigenvalue weighted by molar-refractivity contribution is 5.50. The smallest absolute Gasteiger partial charge is 0.115 e. The molecule has 0 aliphatic rings. The van der Waals surface area contributed by atoms with Crippen molar-refractivity contribution in [3.05, 3.63) is 126 Å². The van der Waals surface area contributed by atoms with Crippen LogP contribution < -0.4 is 0 Å². The maximum absolute atomic E-state index is 11.4. The quantitative estimate of drug-likeness (QED) is 0.525. The van der Waals surface area contributed by atoms with Crippen LogP contribution in [0.5, 0.6) is 0 Å². The zero-order valence-electron chi connectivity index (χ0n) is 14.8. The van der Waals surface area contributed by atoms with Crippen molar-refractivity contribution in [1.82, 2.24) is 0 Å². The Morgan fingerprint density at radius 2 is 1.15 bits per heavy atom. The van der Waals surface area contributed by atoms with Crippen LogP contribution in [0, 0.1) is 0 Å². The van der Waals surface area contributed by atoms with Gasteiger partial charge in [0.25, 0.3) is 0 Å². The molecule has 0 saturated heterocycles. The largest absolute Gasteiger partial charge is 0.380 e. The minimum Gasteiger partial charge on any atom is -0.380 e. The lowest BCUT2D eigenvalue weighted by Crippen LogP contribution is -2.27. The van der Waals surface area contributed by atoms with Crippen molar-refractivity contribution < 1.29 is 5.11 Å². The number of hydrogen-bond acceptors (Lipinski definition) is 1. The van der Waals surface area contributed by atoms with Gasteiger partial charge in [-0.2, -0.15) is 0 Å². The van der Waals surface area contributed by atoms with Gasteiger partial charge < -0.3 is 5.11 Å². The van der Waals surface area contributed by atoms with Crippen molar-refractivity contribution in [3.63, 3.8) is 0 Å². The Hall–Kier alpha value is -2.90. The van der Waals surface area contributed by atoms with Crippen LogP contribution in [0.1, 0.15) is 29.5 Å². The van der Waals surface area contributed by atoms with Crippen LogP contribution >= 0.6 is 0 Å². The van der Waals surface area contributed by atoms with Gasteiger partial charge in [-0.1, -0.05) is 115 Å². The highest BCUT2D eigenvalue weighted by atomic mass is 16.3. The predicted octanol–water partition coefficient (Wildman–Crippen LogP) is 5.97. The van der Waals surface area contributed by atoms with Crippen LogP contribution in [0.3, 0.4) is 0 Å². The Labute approximate surface area is 156 Å². The van der Waals surface area contributed by atoms with E-state index >= 15 is 0 Å². The molecule has 0 aliphatic carbocycles. The molecule has 0 heterocycles. The minimum atomic E-state index is -0.976. The Kier molecular flexibility index (Phi) is 6.19. The van der Waals surface area contributed by atoms with E-state index in [9.17, 15) is 5.11 Å². The van der Waals surface area contributed by atoms with Crippen molar-refractivity contribution in [1.29, 1.82) is 0 Å². The van der Waals surface area contributed by atoms with Crippen molar-refractivity contribution >= 4 is 6.08 Å². The third-order valence-electron chi connectivity index (χ3n) is 4.51. The normalized spacial score (nSPS) is 12.0. The summed E-state index contributed by atoms with van der Waals surface area (Å²) in [5, 5.41) is 11.4. The molecule has 3 aromatic rings. The number of rotatable bonds is 7. The second-order valence-corrected chi connectivity index (χ2v) is 6.33. The van der Waals surface area contributed by atoms with Crippen LogP contribution in [-0.2, 0) is 5.60 Å². The topological polar surface area (TPSA) is 20.2 Å². The molecule has 1 N–H and O–H groups in total. The van der Waals surface area contributed by atoms with E-state index in [0.29, 0.717) is 6.42 Å². The van der Waals surface area contributed by atoms with E-state index < -0.39 is 5.60 Å². The molecule has 3 rings (SSSR count). The highest BCUT2D eigenvalue weighted by Gasteiger charge is 2.30. The molecule has 0 unspecified atom stereocenters. The van der Waals surface area contributed by atoms with Crippen LogP contribution in [0.4, 0.5) is 0 Å². The van der Waals surface area contributed by atoms with Gasteiger partial charge in [-0.05, 0) is 29.5 Å². The molecule has 0 aromatic heterocycles. The standard InChI is InChI=1S/C25H24O/c26-25(23-17-9-4-10-18-23,24-19-11-5-12-20-24)21-13-2-1-6-14-22-15-7-3-8-16-22/h1-12,14-20,26H,13,21H2/b2-1+,14-6+. The average Bonchev–Trinajstić information content (AvgIpc) is 2.72. The van der Waals surface area contributed by atoms with E-state index in [-0.39, 0.29) is 0 Å². The van der Waals surface area contributed by atoms with E-state index in [1.165, 1.54) is 5.56 Å². The maximum Gasteiger partial charge on any atom is 0.115 e. The summed E-state index contributed by atoms with van der Waals surface area (Å²) in [6.45, 7) is 0. The SMILES string of the molecule is OC(CC/C=C/C=C/c1ccccc1)(c1ccccc1)c1ccccc1. The molecule has 130 valence electrons. The lowest BCUT2D eigenvalue weighted by atomic mass is 9.82. The minimum absolute atomic E-state index is 0.636. The first-order valence-electron chi connectivity index (χ1n) is 9.01. The van der Waals surface area contributed by atoms with Gasteiger partial charge >= 0.3 is 0 Å². The Bertz CT molecular complexity index is 794. The molecule has 0 atom stereocenters. The lowest BCUT2D eigenvalue weighted by Gasteiger charge is -2.29. The fourth-order valence-electron chi connectivity index (χ4n) is 3.08. The molecule has 0 spiro atoms. The van der Waals surface area contributed by atoms with E-state index in [4.69, 9.17) is 0 Å². The first kappa shape index (κ1) is 17.9. The highest BCUT2D eigenvalue weighted by Crippen LogP contribution is 2.34. The lowest BCUT2D eigenvalue weighted by molar-refractivity contribution is 0.0721. The van der Waals surface area contributed by atoms with Gasteiger partial charge in [-0.15, -0.1) is 0 Å². The Balaban J connectivity index is 1.69. The van der Waals surface area contributed by atoms with Gasteiger partial charge in [0.1, 0.15) is 5.60 Å². The van der Waals surface area contributed by atoms with Crippen molar-refractivity contribution in [3.8, 4) is 0 Å². The van der Waals surface area contributed by atoms with Gasteiger partial charge in [0.15, 0.2) is 0 Å². The Morgan fingerprint density at radius 3 is 1.69 bits per heavy atom. The maximum atomic E-state index is 11.4. The van der Waals surface area contributed by atoms with E-state index in [1.807, 2.05) is 91.0 Å². The van der Waals surface area contributed by atoms with Gasteiger partial charge in [0.2, 0.25) is 0 Å². The van der Waals surface area contributed by atoms with Crippen LogP contribution in [0.15, 0.2) is 109 Å². The third kappa shape index (κ3) is 4.59. The number of hydrogen-bond donors (Lipinski definition) is 1. The second kappa shape index (κ2) is 8.98. The monoisotopic (exact) mass is 340 g/mol. The van der Waals surface area contributed by atoms with Gasteiger partial charge in [-0.3, -0.25) is 0 Å². The van der Waals surface area contributed by atoms with Crippen molar-refractivity contribution in [2.75, 3.05) is 0 Å². The molecule has 1 heteroatoms. The van der Waals surface area contributed by atoms with E-state index in [2.05, 4.69) is 24.3 Å². The molecule has 0 saturated carbocycles. The summed E-state index contributed by atoms with van der Waals surface area (Å²) in [6.07, 6.45) is 9.70. The van der Waals surface area contributed by atoms with Crippen LogP contribution in [0.25, 0.3) is 6.08 Å². The molecule has 1 nitrogen and oxygen atoms in total. The summed E-state index contributed by atoms with van der Waals surface area (Å²) in [5.74, 6) is 0. The molecular formula is C25H24O. The molecule has 0 fully saturated rings. The fraction of sp³-hybridized carbons (Fsp3) is 0.120. The second-order valence-electron chi connectivity index (χ2n) is 6.33. The zero-order chi connectivity index (χ0) is 18.1. The van der Waals surface area contributed by atoms with Gasteiger partial charge in [0, 0.05) is 0 Å². The number of allylic oxidation sites excluding steroid dienone is 3. The first-order chi connectivity index (χ1) is 12.8. The molecule has 0 bridgehead atoms. The van der Waals surface area contributed by atoms with Crippen LogP contribution in [0.2, 0.25) is 0 Å². The summed E-state index contributed by atoms with van der Waals surface area (Å²) >= 11 is 0. The van der Waals surface area contributed by atoms with Crippen LogP contribution in [-0.4, -0.2) is 5.11 Å². The summed E-state index contributed by atoms with van der Waals surface area (Å²) < 4.78 is 0. The predicted molar refractivity (Wildman–Crippen MR) is 110 cm³/mol. The van der Waals surface area contributed by atoms with Crippen molar-refractivity contribution in [2.45, 2.75) is 18.4 Å². The molecule has 26 heavy (non-hydrogen) atoms. The number of benzene rings is 3. The Morgan fingerprint density at radius 1 is 0.654 bits per heavy atom. The molecule has 0 aliphatic heterocycles. The summed E-state index contributed by atoms with van der Waals surface area (Å²) in [5.41, 5.74) is 2.07. The van der Waals surface area contributed by atoms with Gasteiger partial charge in [-0.25, -0.2) is 0 Å². The van der Waals surface area contributed by atoms with E-state index in [0.717, 1.165) is 17.5 Å². The van der Waals surface area contributed by atoms with Crippen molar-refractivity contribution in [2.24, 2.45) is 0 Å². The summed E-state index contributed by atoms with van der Waals surface area (Å²) in [4.78, 5) is 0. The molecule has 0 amide bonds. The average molecular weight is 340 g/mol.